The molecule has 3 aliphatic carbocycles. The first-order valence-corrected chi connectivity index (χ1v) is 9.48. The van der Waals surface area contributed by atoms with Crippen LogP contribution < -0.4 is 10.0 Å². The van der Waals surface area contributed by atoms with Gasteiger partial charge in [0.25, 0.3) is 0 Å². The van der Waals surface area contributed by atoms with Crippen molar-refractivity contribution in [2.45, 2.75) is 45.1 Å². The fraction of sp³-hybridized carbons (Fsp3) is 1.00. The maximum atomic E-state index is 12.0. The number of rotatable bonds is 8. The van der Waals surface area contributed by atoms with Crippen molar-refractivity contribution in [1.82, 2.24) is 10.0 Å². The number of sulfonamides is 1. The predicted octanol–water partition coefficient (Wildman–Crippen LogP) is 1.34. The highest BCUT2D eigenvalue weighted by Gasteiger charge is 2.65. The third-order valence-corrected chi connectivity index (χ3v) is 6.70. The molecule has 0 heterocycles. The second kappa shape index (κ2) is 5.34. The zero-order valence-corrected chi connectivity index (χ0v) is 12.6. The van der Waals surface area contributed by atoms with E-state index in [2.05, 4.69) is 17.0 Å². The van der Waals surface area contributed by atoms with Crippen molar-refractivity contribution in [3.05, 3.63) is 0 Å². The first-order chi connectivity index (χ1) is 9.12. The molecular weight excluding hydrogens is 260 g/mol. The minimum absolute atomic E-state index is 0.273. The molecule has 0 aromatic heterocycles. The van der Waals surface area contributed by atoms with Gasteiger partial charge in [-0.3, -0.25) is 0 Å². The summed E-state index contributed by atoms with van der Waals surface area (Å²) in [7, 11) is -3.06. The number of nitrogens with one attached hydrogen (secondary N) is 2. The lowest BCUT2D eigenvalue weighted by atomic mass is 10.0. The normalized spacial score (nSPS) is 39.5. The molecule has 4 unspecified atom stereocenters. The van der Waals surface area contributed by atoms with Crippen LogP contribution in [0.5, 0.6) is 0 Å². The van der Waals surface area contributed by atoms with E-state index in [9.17, 15) is 8.42 Å². The fourth-order valence-electron chi connectivity index (χ4n) is 4.44. The Morgan fingerprint density at radius 1 is 1.11 bits per heavy atom. The van der Waals surface area contributed by atoms with Crippen molar-refractivity contribution in [2.24, 2.45) is 23.7 Å². The maximum absolute atomic E-state index is 12.0. The monoisotopic (exact) mass is 286 g/mol. The zero-order valence-electron chi connectivity index (χ0n) is 11.8. The fourth-order valence-corrected chi connectivity index (χ4v) is 5.81. The number of fused-ring (bicyclic) bond motifs is 5. The highest BCUT2D eigenvalue weighted by Crippen LogP contribution is 2.65. The molecule has 4 atom stereocenters. The molecule has 19 heavy (non-hydrogen) atoms. The number of hydrogen-bond acceptors (Lipinski definition) is 3. The summed E-state index contributed by atoms with van der Waals surface area (Å²) in [6.07, 6.45) is 5.86. The molecule has 0 saturated heterocycles. The van der Waals surface area contributed by atoms with Gasteiger partial charge in [0, 0.05) is 6.04 Å². The van der Waals surface area contributed by atoms with Gasteiger partial charge in [-0.15, -0.1) is 0 Å². The van der Waals surface area contributed by atoms with E-state index < -0.39 is 10.0 Å². The van der Waals surface area contributed by atoms with Gasteiger partial charge in [-0.1, -0.05) is 6.92 Å². The van der Waals surface area contributed by atoms with E-state index in [-0.39, 0.29) is 5.75 Å². The van der Waals surface area contributed by atoms with E-state index >= 15 is 0 Å². The lowest BCUT2D eigenvalue weighted by Crippen LogP contribution is -2.33. The lowest BCUT2D eigenvalue weighted by Gasteiger charge is -2.11. The summed E-state index contributed by atoms with van der Waals surface area (Å²) >= 11 is 0. The molecule has 110 valence electrons. The van der Waals surface area contributed by atoms with Crippen molar-refractivity contribution in [1.29, 1.82) is 0 Å². The van der Waals surface area contributed by atoms with Crippen molar-refractivity contribution in [3.63, 3.8) is 0 Å². The highest BCUT2D eigenvalue weighted by molar-refractivity contribution is 7.89. The number of hydrogen-bond donors (Lipinski definition) is 2. The molecule has 0 aromatic rings. The Balaban J connectivity index is 1.40. The van der Waals surface area contributed by atoms with Crippen LogP contribution in [0.4, 0.5) is 0 Å². The van der Waals surface area contributed by atoms with Crippen LogP contribution in [0.2, 0.25) is 0 Å². The summed E-state index contributed by atoms with van der Waals surface area (Å²) in [4.78, 5) is 0. The van der Waals surface area contributed by atoms with E-state index in [4.69, 9.17) is 0 Å². The second-order valence-electron chi connectivity index (χ2n) is 6.55. The van der Waals surface area contributed by atoms with Crippen molar-refractivity contribution in [2.75, 3.05) is 18.8 Å². The molecule has 3 fully saturated rings. The lowest BCUT2D eigenvalue weighted by molar-refractivity contribution is 0.456. The highest BCUT2D eigenvalue weighted by atomic mass is 32.2. The Bertz CT molecular complexity index is 407. The van der Waals surface area contributed by atoms with Crippen LogP contribution in [0, 0.1) is 23.7 Å². The van der Waals surface area contributed by atoms with E-state index in [0.29, 0.717) is 24.3 Å². The smallest absolute Gasteiger partial charge is 0.211 e. The summed E-state index contributed by atoms with van der Waals surface area (Å²) in [5.74, 6) is 3.30. The zero-order chi connectivity index (χ0) is 13.5. The average molecular weight is 286 g/mol. The molecule has 3 aliphatic rings. The van der Waals surface area contributed by atoms with Gasteiger partial charge in [0.05, 0.1) is 5.75 Å². The van der Waals surface area contributed by atoms with Crippen LogP contribution >= 0.6 is 0 Å². The predicted molar refractivity (Wildman–Crippen MR) is 76.3 cm³/mol. The molecule has 2 N–H and O–H groups in total. The maximum Gasteiger partial charge on any atom is 0.211 e. The van der Waals surface area contributed by atoms with Crippen LogP contribution in [-0.2, 0) is 10.0 Å². The standard InChI is InChI=1S/C14H26N2O2S/c1-2-6-15-7-3-8-19(17,18)16-14-12-10-4-5-11(9-10)13(12)14/h10-16H,2-9H2,1H3. The molecular formula is C14H26N2O2S. The summed E-state index contributed by atoms with van der Waals surface area (Å²) in [6.45, 7) is 3.90. The van der Waals surface area contributed by atoms with Gasteiger partial charge in [0.2, 0.25) is 10.0 Å². The molecule has 3 saturated carbocycles. The molecule has 0 aliphatic heterocycles. The van der Waals surface area contributed by atoms with Crippen LogP contribution in [0.25, 0.3) is 0 Å². The quantitative estimate of drug-likeness (QED) is 0.662. The summed E-state index contributed by atoms with van der Waals surface area (Å²) in [5.41, 5.74) is 0. The van der Waals surface area contributed by atoms with Gasteiger partial charge < -0.3 is 5.32 Å². The second-order valence-corrected chi connectivity index (χ2v) is 8.43. The largest absolute Gasteiger partial charge is 0.317 e. The van der Waals surface area contributed by atoms with Gasteiger partial charge in [-0.2, -0.15) is 0 Å². The first kappa shape index (κ1) is 13.8. The third kappa shape index (κ3) is 2.83. The van der Waals surface area contributed by atoms with Gasteiger partial charge in [-0.25, -0.2) is 13.1 Å². The van der Waals surface area contributed by atoms with E-state index in [1.54, 1.807) is 0 Å². The van der Waals surface area contributed by atoms with E-state index in [1.165, 1.54) is 19.3 Å². The third-order valence-electron chi connectivity index (χ3n) is 5.24. The molecule has 3 rings (SSSR count). The molecule has 0 amide bonds. The van der Waals surface area contributed by atoms with Crippen LogP contribution in [0.3, 0.4) is 0 Å². The van der Waals surface area contributed by atoms with E-state index in [0.717, 1.165) is 31.3 Å². The molecule has 5 heteroatoms. The Kier molecular flexibility index (Phi) is 3.89. The van der Waals surface area contributed by atoms with Crippen LogP contribution in [-0.4, -0.2) is 33.3 Å². The molecule has 4 nitrogen and oxygen atoms in total. The minimum Gasteiger partial charge on any atom is -0.317 e. The molecule has 0 radical (unpaired) electrons. The van der Waals surface area contributed by atoms with Gasteiger partial charge in [0.1, 0.15) is 0 Å². The minimum atomic E-state index is -3.06. The Hall–Kier alpha value is -0.130. The molecule has 0 aromatic carbocycles. The van der Waals surface area contributed by atoms with Crippen LogP contribution in [0.1, 0.15) is 39.0 Å². The van der Waals surface area contributed by atoms with Crippen molar-refractivity contribution < 1.29 is 8.42 Å². The molecule has 2 bridgehead atoms. The summed E-state index contributed by atoms with van der Waals surface area (Å²) in [5, 5.41) is 3.25. The Labute approximate surface area is 116 Å². The Morgan fingerprint density at radius 3 is 2.42 bits per heavy atom. The average Bonchev–Trinajstić information content (AvgIpc) is 2.76. The van der Waals surface area contributed by atoms with Crippen molar-refractivity contribution in [3.8, 4) is 0 Å². The van der Waals surface area contributed by atoms with E-state index in [1.807, 2.05) is 0 Å². The topological polar surface area (TPSA) is 58.2 Å². The first-order valence-electron chi connectivity index (χ1n) is 7.83. The summed E-state index contributed by atoms with van der Waals surface area (Å²) < 4.78 is 27.0. The van der Waals surface area contributed by atoms with Gasteiger partial charge in [0.15, 0.2) is 0 Å². The van der Waals surface area contributed by atoms with Crippen LogP contribution in [0.15, 0.2) is 0 Å². The SMILES string of the molecule is CCCNCCCS(=O)(=O)NC1C2C3CCC(C3)C12. The summed E-state index contributed by atoms with van der Waals surface area (Å²) in [6, 6.07) is 0.292. The van der Waals surface area contributed by atoms with Gasteiger partial charge >= 0.3 is 0 Å². The molecule has 0 spiro atoms. The Morgan fingerprint density at radius 2 is 1.79 bits per heavy atom. The van der Waals surface area contributed by atoms with Gasteiger partial charge in [-0.05, 0) is 68.9 Å². The van der Waals surface area contributed by atoms with Crippen molar-refractivity contribution >= 4 is 10.0 Å².